The van der Waals surface area contributed by atoms with E-state index < -0.39 is 10.0 Å². The highest BCUT2D eigenvalue weighted by atomic mass is 35.5. The number of aromatic nitrogens is 1. The number of ether oxygens (including phenoxy) is 1. The fraction of sp³-hybridized carbons (Fsp3) is 0.0500. The molecule has 29 heavy (non-hydrogen) atoms. The van der Waals surface area contributed by atoms with Gasteiger partial charge in [-0.15, -0.1) is 0 Å². The molecule has 0 fully saturated rings. The average Bonchev–Trinajstić information content (AvgIpc) is 2.68. The van der Waals surface area contributed by atoms with Crippen molar-refractivity contribution in [3.63, 3.8) is 0 Å². The number of nitrogens with zero attached hydrogens (tertiary/aromatic N) is 2. The van der Waals surface area contributed by atoms with E-state index in [0.717, 1.165) is 0 Å². The summed E-state index contributed by atoms with van der Waals surface area (Å²) in [6, 6.07) is 13.4. The molecule has 0 amide bonds. The molecular weight excluding hydrogens is 414 g/mol. The van der Waals surface area contributed by atoms with Gasteiger partial charge in [-0.05, 0) is 49.4 Å². The Morgan fingerprint density at radius 2 is 1.86 bits per heavy atom. The molecule has 2 aromatic carbocycles. The Kier molecular flexibility index (Phi) is 5.82. The first-order chi connectivity index (χ1) is 13.8. The second-order valence-electron chi connectivity index (χ2n) is 5.95. The summed E-state index contributed by atoms with van der Waals surface area (Å²) in [6.45, 7) is 1.42. The standard InChI is InChI=1S/C20H14ClN3O4S/c1-13(25)14-2-4-17(5-3-14)24-29(26,27)19-6-7-20(15(8-19)10-22)28-18-9-16(21)11-23-12-18/h2-9,11-12,24H,1H3. The van der Waals surface area contributed by atoms with E-state index in [-0.39, 0.29) is 22.0 Å². The molecule has 3 aromatic rings. The number of carbonyl (C=O) groups excluding carboxylic acids is 1. The van der Waals surface area contributed by atoms with E-state index in [2.05, 4.69) is 9.71 Å². The summed E-state index contributed by atoms with van der Waals surface area (Å²) in [6.07, 6.45) is 2.86. The molecular formula is C20H14ClN3O4S. The first-order valence-corrected chi connectivity index (χ1v) is 10.1. The third-order valence-corrected chi connectivity index (χ3v) is 5.42. The second-order valence-corrected chi connectivity index (χ2v) is 8.07. The number of Topliss-reactive ketones (excluding diaryl/α,β-unsaturated/α-hetero) is 1. The number of benzene rings is 2. The normalized spacial score (nSPS) is 10.8. The molecule has 0 aliphatic carbocycles. The summed E-state index contributed by atoms with van der Waals surface area (Å²) in [4.78, 5) is 15.1. The van der Waals surface area contributed by atoms with Crippen molar-refractivity contribution in [2.75, 3.05) is 4.72 Å². The number of ketones is 1. The summed E-state index contributed by atoms with van der Waals surface area (Å²) in [7, 11) is -3.95. The van der Waals surface area contributed by atoms with Crippen molar-refractivity contribution in [2.24, 2.45) is 0 Å². The van der Waals surface area contributed by atoms with Crippen LogP contribution >= 0.6 is 11.6 Å². The van der Waals surface area contributed by atoms with Gasteiger partial charge in [0.05, 0.1) is 21.7 Å². The minimum Gasteiger partial charge on any atom is -0.454 e. The Morgan fingerprint density at radius 1 is 1.14 bits per heavy atom. The molecule has 7 nitrogen and oxygen atoms in total. The van der Waals surface area contributed by atoms with E-state index in [0.29, 0.717) is 22.0 Å². The Hall–Kier alpha value is -3.41. The third kappa shape index (κ3) is 4.90. The van der Waals surface area contributed by atoms with Crippen molar-refractivity contribution in [1.29, 1.82) is 5.26 Å². The number of halogens is 1. The molecule has 1 N–H and O–H groups in total. The molecule has 0 spiro atoms. The first-order valence-electron chi connectivity index (χ1n) is 8.25. The van der Waals surface area contributed by atoms with Gasteiger partial charge >= 0.3 is 0 Å². The van der Waals surface area contributed by atoms with Gasteiger partial charge in [-0.3, -0.25) is 14.5 Å². The summed E-state index contributed by atoms with van der Waals surface area (Å²) in [5.74, 6) is 0.359. The lowest BCUT2D eigenvalue weighted by molar-refractivity contribution is 0.101. The van der Waals surface area contributed by atoms with Crippen LogP contribution < -0.4 is 9.46 Å². The molecule has 1 aromatic heterocycles. The number of carbonyl (C=O) groups is 1. The van der Waals surface area contributed by atoms with Crippen LogP contribution in [0.2, 0.25) is 5.02 Å². The zero-order valence-electron chi connectivity index (χ0n) is 15.1. The number of rotatable bonds is 6. The monoisotopic (exact) mass is 427 g/mol. The van der Waals surface area contributed by atoms with Gasteiger partial charge in [0.25, 0.3) is 10.0 Å². The van der Waals surface area contributed by atoms with Crippen molar-refractivity contribution < 1.29 is 17.9 Å². The maximum absolute atomic E-state index is 12.6. The van der Waals surface area contributed by atoms with E-state index in [1.54, 1.807) is 0 Å². The van der Waals surface area contributed by atoms with Crippen molar-refractivity contribution in [3.8, 4) is 17.6 Å². The molecule has 0 radical (unpaired) electrons. The highest BCUT2D eigenvalue weighted by molar-refractivity contribution is 7.92. The maximum Gasteiger partial charge on any atom is 0.261 e. The molecule has 0 aliphatic heterocycles. The first kappa shape index (κ1) is 20.3. The van der Waals surface area contributed by atoms with Gasteiger partial charge in [-0.2, -0.15) is 5.26 Å². The number of hydrogen-bond acceptors (Lipinski definition) is 6. The lowest BCUT2D eigenvalue weighted by atomic mass is 10.1. The fourth-order valence-electron chi connectivity index (χ4n) is 2.41. The van der Waals surface area contributed by atoms with Gasteiger partial charge in [-0.1, -0.05) is 11.6 Å². The van der Waals surface area contributed by atoms with Crippen LogP contribution in [0.1, 0.15) is 22.8 Å². The quantitative estimate of drug-likeness (QED) is 0.584. The van der Waals surface area contributed by atoms with Crippen molar-refractivity contribution in [3.05, 3.63) is 77.1 Å². The summed E-state index contributed by atoms with van der Waals surface area (Å²) in [5.41, 5.74) is 0.787. The highest BCUT2D eigenvalue weighted by Crippen LogP contribution is 2.28. The zero-order chi connectivity index (χ0) is 21.0. The lowest BCUT2D eigenvalue weighted by Crippen LogP contribution is -2.13. The number of hydrogen-bond donors (Lipinski definition) is 1. The van der Waals surface area contributed by atoms with E-state index in [1.807, 2.05) is 6.07 Å². The van der Waals surface area contributed by atoms with Gasteiger partial charge in [0.2, 0.25) is 0 Å². The van der Waals surface area contributed by atoms with Crippen LogP contribution in [0.3, 0.4) is 0 Å². The Labute approximate surface area is 172 Å². The van der Waals surface area contributed by atoms with Crippen molar-refractivity contribution in [2.45, 2.75) is 11.8 Å². The number of nitrogens with one attached hydrogen (secondary N) is 1. The number of sulfonamides is 1. The Bertz CT molecular complexity index is 1220. The van der Waals surface area contributed by atoms with Crippen molar-refractivity contribution in [1.82, 2.24) is 4.98 Å². The zero-order valence-corrected chi connectivity index (χ0v) is 16.7. The maximum atomic E-state index is 12.6. The smallest absolute Gasteiger partial charge is 0.261 e. The van der Waals surface area contributed by atoms with Crippen LogP contribution in [0.4, 0.5) is 5.69 Å². The molecule has 0 unspecified atom stereocenters. The van der Waals surface area contributed by atoms with Crippen molar-refractivity contribution >= 4 is 33.1 Å². The number of nitriles is 1. The van der Waals surface area contributed by atoms with E-state index in [9.17, 15) is 18.5 Å². The summed E-state index contributed by atoms with van der Waals surface area (Å²) in [5, 5.41) is 9.76. The van der Waals surface area contributed by atoms with Gasteiger partial charge < -0.3 is 4.74 Å². The molecule has 0 saturated carbocycles. The number of pyridine rings is 1. The molecule has 3 rings (SSSR count). The minimum atomic E-state index is -3.95. The predicted octanol–water partition coefficient (Wildman–Crippen LogP) is 4.40. The molecule has 0 aliphatic rings. The fourth-order valence-corrected chi connectivity index (χ4v) is 3.66. The predicted molar refractivity (Wildman–Crippen MR) is 108 cm³/mol. The molecule has 146 valence electrons. The van der Waals surface area contributed by atoms with Crippen LogP contribution in [0, 0.1) is 11.3 Å². The Morgan fingerprint density at radius 3 is 2.48 bits per heavy atom. The number of anilines is 1. The van der Waals surface area contributed by atoms with Gasteiger partial charge in [-0.25, -0.2) is 8.42 Å². The third-order valence-electron chi connectivity index (χ3n) is 3.83. The Balaban J connectivity index is 1.86. The van der Waals surface area contributed by atoms with Gasteiger partial charge in [0, 0.05) is 23.5 Å². The topological polar surface area (TPSA) is 109 Å². The van der Waals surface area contributed by atoms with Crippen LogP contribution in [-0.2, 0) is 10.0 Å². The molecule has 9 heteroatoms. The molecule has 0 saturated heterocycles. The van der Waals surface area contributed by atoms with Gasteiger partial charge in [0.15, 0.2) is 5.78 Å². The van der Waals surface area contributed by atoms with E-state index in [4.69, 9.17) is 16.3 Å². The molecule has 1 heterocycles. The minimum absolute atomic E-state index is 0.0276. The molecule has 0 bridgehead atoms. The highest BCUT2D eigenvalue weighted by Gasteiger charge is 2.17. The lowest BCUT2D eigenvalue weighted by Gasteiger charge is -2.11. The van der Waals surface area contributed by atoms with E-state index in [1.165, 1.54) is 67.8 Å². The van der Waals surface area contributed by atoms with Crippen LogP contribution in [0.25, 0.3) is 0 Å². The van der Waals surface area contributed by atoms with Crippen LogP contribution in [-0.4, -0.2) is 19.2 Å². The average molecular weight is 428 g/mol. The summed E-state index contributed by atoms with van der Waals surface area (Å²) < 4.78 is 33.3. The van der Waals surface area contributed by atoms with Crippen LogP contribution in [0.5, 0.6) is 11.5 Å². The SMILES string of the molecule is CC(=O)c1ccc(NS(=O)(=O)c2ccc(Oc3cncc(Cl)c3)c(C#N)c2)cc1. The van der Waals surface area contributed by atoms with E-state index >= 15 is 0 Å². The van der Waals surface area contributed by atoms with Crippen LogP contribution in [0.15, 0.2) is 65.8 Å². The largest absolute Gasteiger partial charge is 0.454 e. The molecule has 0 atom stereocenters. The summed E-state index contributed by atoms with van der Waals surface area (Å²) >= 11 is 5.86. The second kappa shape index (κ2) is 8.31. The van der Waals surface area contributed by atoms with Gasteiger partial charge in [0.1, 0.15) is 17.6 Å².